The molecular formula is C16H13IN2O2S. The summed E-state index contributed by atoms with van der Waals surface area (Å²) in [5.41, 5.74) is 1.97. The van der Waals surface area contributed by atoms with Gasteiger partial charge in [-0.25, -0.2) is 0 Å². The van der Waals surface area contributed by atoms with Crippen LogP contribution < -0.4 is 10.6 Å². The third-order valence-corrected chi connectivity index (χ3v) is 5.10. The highest BCUT2D eigenvalue weighted by Crippen LogP contribution is 2.36. The van der Waals surface area contributed by atoms with Crippen LogP contribution in [0.1, 0.15) is 17.3 Å². The summed E-state index contributed by atoms with van der Waals surface area (Å²) in [5, 5.41) is 5.59. The van der Waals surface area contributed by atoms with Crippen molar-refractivity contribution in [1.82, 2.24) is 0 Å². The van der Waals surface area contributed by atoms with Gasteiger partial charge in [-0.3, -0.25) is 9.59 Å². The van der Waals surface area contributed by atoms with Crippen LogP contribution in [-0.2, 0) is 4.79 Å². The third kappa shape index (κ3) is 3.27. The Hall–Kier alpha value is -1.54. The van der Waals surface area contributed by atoms with Crippen molar-refractivity contribution >= 4 is 57.5 Å². The largest absolute Gasteiger partial charge is 0.324 e. The van der Waals surface area contributed by atoms with E-state index in [0.717, 1.165) is 14.2 Å². The normalized spacial score (nSPS) is 16.6. The van der Waals surface area contributed by atoms with Crippen molar-refractivity contribution in [3.05, 3.63) is 51.6 Å². The Morgan fingerprint density at radius 3 is 2.86 bits per heavy atom. The van der Waals surface area contributed by atoms with Gasteiger partial charge in [-0.15, -0.1) is 11.8 Å². The van der Waals surface area contributed by atoms with Crippen molar-refractivity contribution < 1.29 is 9.59 Å². The highest BCUT2D eigenvalue weighted by molar-refractivity contribution is 14.1. The van der Waals surface area contributed by atoms with E-state index in [1.54, 1.807) is 12.1 Å². The molecule has 0 bridgehead atoms. The molecule has 1 unspecified atom stereocenters. The lowest BCUT2D eigenvalue weighted by atomic mass is 10.1. The van der Waals surface area contributed by atoms with Gasteiger partial charge in [0.2, 0.25) is 5.91 Å². The fourth-order valence-electron chi connectivity index (χ4n) is 2.12. The molecule has 0 fully saturated rings. The fourth-order valence-corrected chi connectivity index (χ4v) is 3.59. The number of hydrogen-bond donors (Lipinski definition) is 2. The molecule has 0 aliphatic carbocycles. The number of nitrogens with one attached hydrogen (secondary N) is 2. The van der Waals surface area contributed by atoms with Gasteiger partial charge in [0, 0.05) is 19.7 Å². The van der Waals surface area contributed by atoms with E-state index in [9.17, 15) is 9.59 Å². The Bertz CT molecular complexity index is 764. The molecule has 0 saturated carbocycles. The van der Waals surface area contributed by atoms with E-state index in [4.69, 9.17) is 0 Å². The molecule has 2 aromatic rings. The quantitative estimate of drug-likeness (QED) is 0.718. The Labute approximate surface area is 146 Å². The average Bonchev–Trinajstić information content (AvgIpc) is 2.48. The zero-order valence-electron chi connectivity index (χ0n) is 11.7. The van der Waals surface area contributed by atoms with Crippen LogP contribution in [0.4, 0.5) is 11.4 Å². The lowest BCUT2D eigenvalue weighted by Gasteiger charge is -2.21. The SMILES string of the molecule is CC1Sc2ccc(C(=O)Nc3cccc(I)c3)cc2NC1=O. The van der Waals surface area contributed by atoms with Crippen LogP contribution in [0.15, 0.2) is 47.4 Å². The van der Waals surface area contributed by atoms with E-state index < -0.39 is 0 Å². The van der Waals surface area contributed by atoms with E-state index in [1.807, 2.05) is 37.3 Å². The zero-order valence-corrected chi connectivity index (χ0v) is 14.7. The second-order valence-electron chi connectivity index (χ2n) is 4.92. The standard InChI is InChI=1S/C16H13IN2O2S/c1-9-15(20)19-13-7-10(5-6-14(13)22-9)16(21)18-12-4-2-3-11(17)8-12/h2-9H,1H3,(H,18,21)(H,19,20). The van der Waals surface area contributed by atoms with Gasteiger partial charge in [-0.2, -0.15) is 0 Å². The molecule has 0 aromatic heterocycles. The highest BCUT2D eigenvalue weighted by Gasteiger charge is 2.23. The van der Waals surface area contributed by atoms with Gasteiger partial charge in [-0.05, 0) is 65.9 Å². The molecule has 4 nitrogen and oxygen atoms in total. The number of halogens is 1. The first kappa shape index (κ1) is 15.4. The van der Waals surface area contributed by atoms with Crippen molar-refractivity contribution in [2.75, 3.05) is 10.6 Å². The Balaban J connectivity index is 1.82. The van der Waals surface area contributed by atoms with Crippen molar-refractivity contribution in [1.29, 1.82) is 0 Å². The molecule has 3 rings (SSSR count). The number of benzene rings is 2. The minimum absolute atomic E-state index is 0.0346. The van der Waals surface area contributed by atoms with E-state index >= 15 is 0 Å². The summed E-state index contributed by atoms with van der Waals surface area (Å²) in [6.07, 6.45) is 0. The lowest BCUT2D eigenvalue weighted by Crippen LogP contribution is -2.26. The molecule has 0 spiro atoms. The summed E-state index contributed by atoms with van der Waals surface area (Å²) in [6, 6.07) is 13.0. The number of amides is 2. The molecule has 1 atom stereocenters. The summed E-state index contributed by atoms with van der Waals surface area (Å²) in [7, 11) is 0. The summed E-state index contributed by atoms with van der Waals surface area (Å²) in [6.45, 7) is 1.86. The van der Waals surface area contributed by atoms with Crippen LogP contribution in [0, 0.1) is 3.57 Å². The zero-order chi connectivity index (χ0) is 15.7. The topological polar surface area (TPSA) is 58.2 Å². The molecule has 2 amide bonds. The molecule has 1 heterocycles. The second kappa shape index (κ2) is 6.29. The minimum Gasteiger partial charge on any atom is -0.324 e. The van der Waals surface area contributed by atoms with Gasteiger partial charge in [0.05, 0.1) is 10.9 Å². The summed E-state index contributed by atoms with van der Waals surface area (Å²) in [4.78, 5) is 25.0. The number of carbonyl (C=O) groups excluding carboxylic acids is 2. The van der Waals surface area contributed by atoms with E-state index in [-0.39, 0.29) is 17.1 Å². The van der Waals surface area contributed by atoms with Gasteiger partial charge >= 0.3 is 0 Å². The van der Waals surface area contributed by atoms with Gasteiger partial charge < -0.3 is 10.6 Å². The smallest absolute Gasteiger partial charge is 0.255 e. The van der Waals surface area contributed by atoms with E-state index in [0.29, 0.717) is 11.3 Å². The van der Waals surface area contributed by atoms with Crippen molar-refractivity contribution in [3.8, 4) is 0 Å². The number of thioether (sulfide) groups is 1. The molecule has 1 aliphatic heterocycles. The van der Waals surface area contributed by atoms with Crippen LogP contribution in [0.3, 0.4) is 0 Å². The number of fused-ring (bicyclic) bond motifs is 1. The van der Waals surface area contributed by atoms with Crippen LogP contribution >= 0.6 is 34.4 Å². The van der Waals surface area contributed by atoms with Gasteiger partial charge in [0.15, 0.2) is 0 Å². The molecule has 1 aliphatic rings. The Kier molecular flexibility index (Phi) is 4.39. The molecule has 22 heavy (non-hydrogen) atoms. The van der Waals surface area contributed by atoms with Crippen LogP contribution in [0.25, 0.3) is 0 Å². The van der Waals surface area contributed by atoms with Crippen LogP contribution in [0.5, 0.6) is 0 Å². The monoisotopic (exact) mass is 424 g/mol. The maximum atomic E-state index is 12.3. The summed E-state index contributed by atoms with van der Waals surface area (Å²) in [5.74, 6) is -0.227. The Morgan fingerprint density at radius 2 is 2.09 bits per heavy atom. The lowest BCUT2D eigenvalue weighted by molar-refractivity contribution is -0.115. The number of rotatable bonds is 2. The summed E-state index contributed by atoms with van der Waals surface area (Å²) < 4.78 is 1.05. The van der Waals surface area contributed by atoms with Crippen LogP contribution in [0.2, 0.25) is 0 Å². The molecule has 2 aromatic carbocycles. The Morgan fingerprint density at radius 1 is 1.27 bits per heavy atom. The molecule has 2 N–H and O–H groups in total. The number of carbonyl (C=O) groups is 2. The van der Waals surface area contributed by atoms with Crippen molar-refractivity contribution in [3.63, 3.8) is 0 Å². The molecular weight excluding hydrogens is 411 g/mol. The maximum absolute atomic E-state index is 12.3. The predicted octanol–water partition coefficient (Wildman–Crippen LogP) is 3.98. The maximum Gasteiger partial charge on any atom is 0.255 e. The predicted molar refractivity (Wildman–Crippen MR) is 97.5 cm³/mol. The van der Waals surface area contributed by atoms with Crippen molar-refractivity contribution in [2.45, 2.75) is 17.1 Å². The van der Waals surface area contributed by atoms with Gasteiger partial charge in [0.25, 0.3) is 5.91 Å². The first-order chi connectivity index (χ1) is 10.5. The molecule has 0 radical (unpaired) electrons. The van der Waals surface area contributed by atoms with Crippen LogP contribution in [-0.4, -0.2) is 17.1 Å². The molecule has 6 heteroatoms. The van der Waals surface area contributed by atoms with Gasteiger partial charge in [0.1, 0.15) is 0 Å². The van der Waals surface area contributed by atoms with Crippen molar-refractivity contribution in [2.24, 2.45) is 0 Å². The highest BCUT2D eigenvalue weighted by atomic mass is 127. The molecule has 112 valence electrons. The van der Waals surface area contributed by atoms with E-state index in [1.165, 1.54) is 11.8 Å². The number of anilines is 2. The van der Waals surface area contributed by atoms with E-state index in [2.05, 4.69) is 33.2 Å². The fraction of sp³-hybridized carbons (Fsp3) is 0.125. The first-order valence-corrected chi connectivity index (χ1v) is 8.67. The first-order valence-electron chi connectivity index (χ1n) is 6.71. The molecule has 0 saturated heterocycles. The second-order valence-corrected chi connectivity index (χ2v) is 7.55. The minimum atomic E-state index is -0.192. The average molecular weight is 424 g/mol. The number of hydrogen-bond acceptors (Lipinski definition) is 3. The third-order valence-electron chi connectivity index (χ3n) is 3.26. The summed E-state index contributed by atoms with van der Waals surface area (Å²) >= 11 is 3.70. The van der Waals surface area contributed by atoms with Gasteiger partial charge in [-0.1, -0.05) is 6.07 Å².